The Morgan fingerprint density at radius 2 is 2.10 bits per heavy atom. The number of aromatic nitrogens is 1. The van der Waals surface area contributed by atoms with Crippen LogP contribution in [0, 0.1) is 11.3 Å². The molecule has 1 heterocycles. The van der Waals surface area contributed by atoms with E-state index in [-0.39, 0.29) is 6.61 Å². The van der Waals surface area contributed by atoms with Gasteiger partial charge in [0.15, 0.2) is 5.69 Å². The first kappa shape index (κ1) is 16.8. The zero-order valence-electron chi connectivity index (χ0n) is 10.7. The number of carbonyl (C=O) groups is 1. The summed E-state index contributed by atoms with van der Waals surface area (Å²) in [6, 6.07) is 1.86. The maximum absolute atomic E-state index is 12.8. The first-order valence-corrected chi connectivity index (χ1v) is 5.65. The highest BCUT2D eigenvalue weighted by atomic mass is 19.4. The number of rotatable bonds is 4. The van der Waals surface area contributed by atoms with Crippen LogP contribution >= 0.6 is 0 Å². The Labute approximate surface area is 116 Å². The minimum atomic E-state index is -5.08. The maximum atomic E-state index is 12.8. The molecular formula is C12H9F5N2O2. The Hall–Kier alpha value is -2.24. The van der Waals surface area contributed by atoms with Crippen LogP contribution in [-0.2, 0) is 22.1 Å². The number of nitriles is 1. The average molecular weight is 308 g/mol. The summed E-state index contributed by atoms with van der Waals surface area (Å²) < 4.78 is 68.1. The lowest BCUT2D eigenvalue weighted by atomic mass is 10.0. The van der Waals surface area contributed by atoms with Crippen LogP contribution in [0.3, 0.4) is 0 Å². The van der Waals surface area contributed by atoms with Crippen molar-refractivity contribution in [2.75, 3.05) is 6.61 Å². The van der Waals surface area contributed by atoms with Crippen LogP contribution in [0.25, 0.3) is 0 Å². The highest BCUT2D eigenvalue weighted by Gasteiger charge is 2.38. The molecule has 0 aromatic carbocycles. The third kappa shape index (κ3) is 4.11. The van der Waals surface area contributed by atoms with Gasteiger partial charge in [-0.3, -0.25) is 4.79 Å². The normalized spacial score (nSPS) is 11.3. The van der Waals surface area contributed by atoms with Gasteiger partial charge in [-0.2, -0.15) is 18.4 Å². The number of alkyl halides is 5. The molecule has 0 bridgehead atoms. The molecule has 0 amide bonds. The van der Waals surface area contributed by atoms with E-state index < -0.39 is 47.5 Å². The van der Waals surface area contributed by atoms with Crippen molar-refractivity contribution in [3.63, 3.8) is 0 Å². The van der Waals surface area contributed by atoms with Gasteiger partial charge >= 0.3 is 12.1 Å². The lowest BCUT2D eigenvalue weighted by molar-refractivity contribution is -0.143. The van der Waals surface area contributed by atoms with Crippen LogP contribution in [0.2, 0.25) is 0 Å². The van der Waals surface area contributed by atoms with Gasteiger partial charge in [0.05, 0.1) is 18.6 Å². The summed E-state index contributed by atoms with van der Waals surface area (Å²) in [5, 5.41) is 8.81. The van der Waals surface area contributed by atoms with E-state index in [0.29, 0.717) is 6.07 Å². The van der Waals surface area contributed by atoms with E-state index >= 15 is 0 Å². The molecule has 4 nitrogen and oxygen atoms in total. The van der Waals surface area contributed by atoms with Crippen molar-refractivity contribution < 1.29 is 31.5 Å². The van der Waals surface area contributed by atoms with E-state index in [0.717, 1.165) is 0 Å². The molecule has 0 spiro atoms. The largest absolute Gasteiger partial charge is 0.466 e. The monoisotopic (exact) mass is 308 g/mol. The molecule has 0 fully saturated rings. The molecule has 9 heteroatoms. The minimum Gasteiger partial charge on any atom is -0.466 e. The fourth-order valence-electron chi connectivity index (χ4n) is 1.57. The quantitative estimate of drug-likeness (QED) is 0.633. The summed E-state index contributed by atoms with van der Waals surface area (Å²) in [5.74, 6) is -0.923. The molecule has 0 aliphatic rings. The predicted molar refractivity (Wildman–Crippen MR) is 59.2 cm³/mol. The van der Waals surface area contributed by atoms with Crippen LogP contribution in [0.5, 0.6) is 0 Å². The average Bonchev–Trinajstić information content (AvgIpc) is 2.36. The number of halogens is 5. The number of hydrogen-bond donors (Lipinski definition) is 0. The van der Waals surface area contributed by atoms with Crippen molar-refractivity contribution in [3.8, 4) is 6.07 Å². The molecule has 0 unspecified atom stereocenters. The van der Waals surface area contributed by atoms with E-state index in [4.69, 9.17) is 5.26 Å². The molecule has 21 heavy (non-hydrogen) atoms. The van der Waals surface area contributed by atoms with Crippen molar-refractivity contribution in [1.29, 1.82) is 5.26 Å². The Bertz CT molecular complexity index is 578. The Balaban J connectivity index is 3.43. The predicted octanol–water partition coefficient (Wildman–Crippen LogP) is 3.02. The number of esters is 1. The highest BCUT2D eigenvalue weighted by molar-refractivity contribution is 5.73. The van der Waals surface area contributed by atoms with Gasteiger partial charge in [-0.15, -0.1) is 0 Å². The van der Waals surface area contributed by atoms with Gasteiger partial charge in [0.25, 0.3) is 6.43 Å². The molecule has 1 aromatic heterocycles. The van der Waals surface area contributed by atoms with Crippen LogP contribution in [0.15, 0.2) is 6.07 Å². The molecular weight excluding hydrogens is 299 g/mol. The number of nitrogens with zero attached hydrogens (tertiary/aromatic N) is 2. The van der Waals surface area contributed by atoms with Crippen molar-refractivity contribution in [1.82, 2.24) is 4.98 Å². The summed E-state index contributed by atoms with van der Waals surface area (Å²) in [6.45, 7) is 1.45. The van der Waals surface area contributed by atoms with E-state index in [2.05, 4.69) is 9.72 Å². The lowest BCUT2D eigenvalue weighted by Crippen LogP contribution is -2.17. The lowest BCUT2D eigenvalue weighted by Gasteiger charge is -2.13. The summed E-state index contributed by atoms with van der Waals surface area (Å²) in [5.41, 5.74) is -4.34. The van der Waals surface area contributed by atoms with Crippen molar-refractivity contribution in [3.05, 3.63) is 28.6 Å². The highest BCUT2D eigenvalue weighted by Crippen LogP contribution is 2.34. The van der Waals surface area contributed by atoms with Crippen LogP contribution in [-0.4, -0.2) is 17.6 Å². The standard InChI is InChI=1S/C12H9F5N2O2/c1-2-21-9(20)4-6-3-8(11(13)14)19-10(7(6)5-18)12(15,16)17/h3,11H,2,4H2,1H3. The summed E-state index contributed by atoms with van der Waals surface area (Å²) in [7, 11) is 0. The van der Waals surface area contributed by atoms with Gasteiger partial charge in [0, 0.05) is 0 Å². The first-order valence-electron chi connectivity index (χ1n) is 5.65. The van der Waals surface area contributed by atoms with E-state index in [9.17, 15) is 26.7 Å². The van der Waals surface area contributed by atoms with Gasteiger partial charge in [-0.05, 0) is 18.6 Å². The zero-order chi connectivity index (χ0) is 16.2. The number of ether oxygens (including phenoxy) is 1. The molecule has 114 valence electrons. The fourth-order valence-corrected chi connectivity index (χ4v) is 1.57. The molecule has 0 N–H and O–H groups in total. The molecule has 0 saturated heterocycles. The van der Waals surface area contributed by atoms with Gasteiger partial charge in [-0.25, -0.2) is 13.8 Å². The Morgan fingerprint density at radius 3 is 2.52 bits per heavy atom. The smallest absolute Gasteiger partial charge is 0.434 e. The van der Waals surface area contributed by atoms with Crippen LogP contribution in [0.4, 0.5) is 22.0 Å². The van der Waals surface area contributed by atoms with E-state index in [1.165, 1.54) is 13.0 Å². The molecule has 0 radical (unpaired) electrons. The third-order valence-electron chi connectivity index (χ3n) is 2.36. The molecule has 0 aliphatic heterocycles. The van der Waals surface area contributed by atoms with E-state index in [1.807, 2.05) is 0 Å². The van der Waals surface area contributed by atoms with Gasteiger partial charge in [0.2, 0.25) is 0 Å². The number of carbonyl (C=O) groups excluding carboxylic acids is 1. The Morgan fingerprint density at radius 1 is 1.48 bits per heavy atom. The number of pyridine rings is 1. The third-order valence-corrected chi connectivity index (χ3v) is 2.36. The van der Waals surface area contributed by atoms with Gasteiger partial charge in [0.1, 0.15) is 11.8 Å². The topological polar surface area (TPSA) is 63.0 Å². The molecule has 0 atom stereocenters. The summed E-state index contributed by atoms with van der Waals surface area (Å²) >= 11 is 0. The fraction of sp³-hybridized carbons (Fsp3) is 0.417. The summed E-state index contributed by atoms with van der Waals surface area (Å²) in [4.78, 5) is 14.1. The number of hydrogen-bond acceptors (Lipinski definition) is 4. The second kappa shape index (κ2) is 6.47. The molecule has 0 aliphatic carbocycles. The van der Waals surface area contributed by atoms with Crippen LogP contribution in [0.1, 0.15) is 35.9 Å². The van der Waals surface area contributed by atoms with Crippen molar-refractivity contribution in [2.45, 2.75) is 25.9 Å². The molecule has 0 saturated carbocycles. The SMILES string of the molecule is CCOC(=O)Cc1cc(C(F)F)nc(C(F)(F)F)c1C#N. The van der Waals surface area contributed by atoms with Crippen molar-refractivity contribution >= 4 is 5.97 Å². The summed E-state index contributed by atoms with van der Waals surface area (Å²) in [6.07, 6.45) is -9.07. The molecule has 1 rings (SSSR count). The van der Waals surface area contributed by atoms with Crippen molar-refractivity contribution in [2.24, 2.45) is 0 Å². The Kier molecular flexibility index (Phi) is 5.18. The van der Waals surface area contributed by atoms with Gasteiger partial charge < -0.3 is 4.74 Å². The van der Waals surface area contributed by atoms with E-state index in [1.54, 1.807) is 0 Å². The minimum absolute atomic E-state index is 0.0281. The zero-order valence-corrected chi connectivity index (χ0v) is 10.7. The molecule has 1 aromatic rings. The second-order valence-corrected chi connectivity index (χ2v) is 3.82. The van der Waals surface area contributed by atoms with Gasteiger partial charge in [-0.1, -0.05) is 0 Å². The van der Waals surface area contributed by atoms with Crippen LogP contribution < -0.4 is 0 Å². The maximum Gasteiger partial charge on any atom is 0.434 e. The second-order valence-electron chi connectivity index (χ2n) is 3.82. The first-order chi connectivity index (χ1) is 9.70.